The van der Waals surface area contributed by atoms with E-state index in [2.05, 4.69) is 43.8 Å². The second-order valence-electron chi connectivity index (χ2n) is 10.4. The third-order valence-electron chi connectivity index (χ3n) is 7.50. The van der Waals surface area contributed by atoms with Gasteiger partial charge in [-0.25, -0.2) is 9.50 Å². The molecule has 3 aromatic rings. The van der Waals surface area contributed by atoms with E-state index in [0.29, 0.717) is 17.8 Å². The summed E-state index contributed by atoms with van der Waals surface area (Å²) in [6.07, 6.45) is 12.3. The lowest BCUT2D eigenvalue weighted by molar-refractivity contribution is -0.123. The highest BCUT2D eigenvalue weighted by Crippen LogP contribution is 2.30. The van der Waals surface area contributed by atoms with E-state index in [0.717, 1.165) is 56.1 Å². The van der Waals surface area contributed by atoms with Gasteiger partial charge < -0.3 is 20.1 Å². The summed E-state index contributed by atoms with van der Waals surface area (Å²) in [4.78, 5) is 27.4. The van der Waals surface area contributed by atoms with Crippen molar-refractivity contribution < 1.29 is 4.79 Å². The zero-order chi connectivity index (χ0) is 23.9. The van der Waals surface area contributed by atoms with Crippen LogP contribution in [-0.2, 0) is 4.79 Å². The third kappa shape index (κ3) is 4.59. The van der Waals surface area contributed by atoms with Crippen LogP contribution in [0.3, 0.4) is 0 Å². The first kappa shape index (κ1) is 22.3. The molecule has 3 aromatic heterocycles. The zero-order valence-electron chi connectivity index (χ0n) is 20.6. The topological polar surface area (TPSA) is 95.6 Å². The minimum absolute atomic E-state index is 0.103. The highest BCUT2D eigenvalue weighted by Gasteiger charge is 2.37. The lowest BCUT2D eigenvalue weighted by Gasteiger charge is -2.34. The fourth-order valence-corrected chi connectivity index (χ4v) is 5.41. The number of carbonyl (C=O) groups excluding carboxylic acids is 1. The molecule has 10 heteroatoms. The summed E-state index contributed by atoms with van der Waals surface area (Å²) in [7, 11) is 0. The predicted molar refractivity (Wildman–Crippen MR) is 135 cm³/mol. The molecule has 35 heavy (non-hydrogen) atoms. The molecule has 2 unspecified atom stereocenters. The van der Waals surface area contributed by atoms with E-state index in [9.17, 15) is 4.79 Å². The van der Waals surface area contributed by atoms with E-state index in [1.165, 1.54) is 19.4 Å². The summed E-state index contributed by atoms with van der Waals surface area (Å²) in [6.45, 7) is 7.16. The second kappa shape index (κ2) is 9.14. The van der Waals surface area contributed by atoms with Gasteiger partial charge in [0.25, 0.3) is 0 Å². The highest BCUT2D eigenvalue weighted by atomic mass is 16.2. The number of hydrogen-bond acceptors (Lipinski definition) is 7. The molecule has 5 heterocycles. The van der Waals surface area contributed by atoms with Crippen LogP contribution in [0.5, 0.6) is 0 Å². The van der Waals surface area contributed by atoms with Crippen molar-refractivity contribution >= 4 is 29.0 Å². The summed E-state index contributed by atoms with van der Waals surface area (Å²) in [6, 6.07) is 5.00. The Morgan fingerprint density at radius 2 is 2.00 bits per heavy atom. The average molecular weight is 478 g/mol. The molecular weight excluding hydrogens is 442 g/mol. The van der Waals surface area contributed by atoms with Gasteiger partial charge in [0, 0.05) is 43.6 Å². The van der Waals surface area contributed by atoms with Crippen molar-refractivity contribution in [2.45, 2.75) is 76.5 Å². The van der Waals surface area contributed by atoms with E-state index >= 15 is 0 Å². The SMILES string of the molecule is CC(C)n1cnc(Nc2nc(N3CCCC3C(=O)NC3CCCN(C4CC4)C3)nn3cccc23)c1. The molecule has 0 radical (unpaired) electrons. The van der Waals surface area contributed by atoms with Crippen LogP contribution < -0.4 is 15.5 Å². The maximum Gasteiger partial charge on any atom is 0.246 e. The van der Waals surface area contributed by atoms with Gasteiger partial charge in [0.05, 0.1) is 6.33 Å². The minimum Gasteiger partial charge on any atom is -0.350 e. The largest absolute Gasteiger partial charge is 0.350 e. The van der Waals surface area contributed by atoms with E-state index < -0.39 is 0 Å². The van der Waals surface area contributed by atoms with Crippen molar-refractivity contribution in [3.05, 3.63) is 30.9 Å². The molecule has 0 bridgehead atoms. The van der Waals surface area contributed by atoms with E-state index in [1.807, 2.05) is 35.4 Å². The Kier molecular flexibility index (Phi) is 5.83. The van der Waals surface area contributed by atoms with Gasteiger partial charge in [-0.2, -0.15) is 4.98 Å². The quantitative estimate of drug-likeness (QED) is 0.540. The Balaban J connectivity index is 1.21. The van der Waals surface area contributed by atoms with Crippen LogP contribution >= 0.6 is 0 Å². The molecule has 2 atom stereocenters. The summed E-state index contributed by atoms with van der Waals surface area (Å²) in [5.74, 6) is 2.10. The third-order valence-corrected chi connectivity index (χ3v) is 7.50. The summed E-state index contributed by atoms with van der Waals surface area (Å²) in [5, 5.41) is 11.5. The maximum atomic E-state index is 13.4. The molecule has 2 saturated heterocycles. The summed E-state index contributed by atoms with van der Waals surface area (Å²) >= 11 is 0. The smallest absolute Gasteiger partial charge is 0.246 e. The number of nitrogens with zero attached hydrogens (tertiary/aromatic N) is 7. The molecule has 6 rings (SSSR count). The Hall–Kier alpha value is -3.14. The molecule has 2 aliphatic heterocycles. The molecule has 1 aliphatic carbocycles. The lowest BCUT2D eigenvalue weighted by atomic mass is 10.0. The van der Waals surface area contributed by atoms with Crippen LogP contribution in [0.15, 0.2) is 30.9 Å². The molecule has 0 aromatic carbocycles. The molecule has 1 saturated carbocycles. The fraction of sp³-hybridized carbons (Fsp3) is 0.600. The second-order valence-corrected chi connectivity index (χ2v) is 10.4. The molecular formula is C25H35N9O. The van der Waals surface area contributed by atoms with Crippen LogP contribution in [-0.4, -0.2) is 72.7 Å². The Labute approximate surface area is 205 Å². The van der Waals surface area contributed by atoms with Gasteiger partial charge in [0.2, 0.25) is 11.9 Å². The monoisotopic (exact) mass is 477 g/mol. The van der Waals surface area contributed by atoms with Crippen molar-refractivity contribution in [1.82, 2.24) is 34.4 Å². The summed E-state index contributed by atoms with van der Waals surface area (Å²) in [5.41, 5.74) is 0.871. The predicted octanol–water partition coefficient (Wildman–Crippen LogP) is 2.96. The number of carbonyl (C=O) groups is 1. The van der Waals surface area contributed by atoms with Gasteiger partial charge in [-0.1, -0.05) is 0 Å². The van der Waals surface area contributed by atoms with Crippen molar-refractivity contribution in [2.75, 3.05) is 29.9 Å². The van der Waals surface area contributed by atoms with Gasteiger partial charge >= 0.3 is 0 Å². The number of piperidine rings is 1. The number of imidazole rings is 1. The molecule has 2 N–H and O–H groups in total. The normalized spacial score (nSPS) is 23.3. The van der Waals surface area contributed by atoms with Crippen molar-refractivity contribution in [1.29, 1.82) is 0 Å². The first-order chi connectivity index (χ1) is 17.0. The van der Waals surface area contributed by atoms with E-state index in [4.69, 9.17) is 10.1 Å². The zero-order valence-corrected chi connectivity index (χ0v) is 20.6. The maximum absolute atomic E-state index is 13.4. The lowest BCUT2D eigenvalue weighted by Crippen LogP contribution is -2.53. The van der Waals surface area contributed by atoms with Gasteiger partial charge in [0.15, 0.2) is 5.82 Å². The van der Waals surface area contributed by atoms with Crippen LogP contribution in [0, 0.1) is 0 Å². The van der Waals surface area contributed by atoms with Crippen LogP contribution in [0.1, 0.15) is 58.4 Å². The highest BCUT2D eigenvalue weighted by molar-refractivity contribution is 5.86. The number of fused-ring (bicyclic) bond motifs is 1. The number of hydrogen-bond donors (Lipinski definition) is 2. The van der Waals surface area contributed by atoms with Gasteiger partial charge in [-0.05, 0) is 71.0 Å². The standard InChI is InChI=1S/C25H35N9O/c1-17(2)32-15-22(26-16-32)28-23-20-7-5-13-34(20)30-25(29-23)33-12-4-8-21(33)24(35)27-18-6-3-11-31(14-18)19-9-10-19/h5,7,13,15-19,21H,3-4,6,8-12,14H2,1-2H3,(H,27,35)(H,28,29,30). The van der Waals surface area contributed by atoms with Crippen LogP contribution in [0.2, 0.25) is 0 Å². The van der Waals surface area contributed by atoms with Crippen LogP contribution in [0.25, 0.3) is 5.52 Å². The van der Waals surface area contributed by atoms with Gasteiger partial charge in [-0.3, -0.25) is 9.69 Å². The first-order valence-corrected chi connectivity index (χ1v) is 13.0. The molecule has 1 amide bonds. The average Bonchev–Trinajstić information content (AvgIpc) is 3.23. The van der Waals surface area contributed by atoms with Crippen molar-refractivity contribution in [3.8, 4) is 0 Å². The molecule has 10 nitrogen and oxygen atoms in total. The number of anilines is 3. The van der Waals surface area contributed by atoms with Crippen LogP contribution in [0.4, 0.5) is 17.6 Å². The van der Waals surface area contributed by atoms with Crippen molar-refractivity contribution in [2.24, 2.45) is 0 Å². The first-order valence-electron chi connectivity index (χ1n) is 13.0. The number of rotatable bonds is 7. The Morgan fingerprint density at radius 1 is 1.14 bits per heavy atom. The number of amides is 1. The number of aromatic nitrogens is 5. The number of likely N-dealkylation sites (tertiary alicyclic amines) is 1. The molecule has 0 spiro atoms. The number of nitrogens with one attached hydrogen (secondary N) is 2. The minimum atomic E-state index is -0.243. The molecule has 186 valence electrons. The summed E-state index contributed by atoms with van der Waals surface area (Å²) < 4.78 is 3.88. The Bertz CT molecular complexity index is 1200. The van der Waals surface area contributed by atoms with Gasteiger partial charge in [-0.15, -0.1) is 5.10 Å². The van der Waals surface area contributed by atoms with Crippen molar-refractivity contribution in [3.63, 3.8) is 0 Å². The Morgan fingerprint density at radius 3 is 2.80 bits per heavy atom. The van der Waals surface area contributed by atoms with Gasteiger partial charge in [0.1, 0.15) is 17.4 Å². The molecule has 3 aliphatic rings. The van der Waals surface area contributed by atoms with E-state index in [1.54, 1.807) is 0 Å². The molecule has 3 fully saturated rings. The van der Waals surface area contributed by atoms with E-state index in [-0.39, 0.29) is 18.0 Å². The fourth-order valence-electron chi connectivity index (χ4n) is 5.41.